The third-order valence-corrected chi connectivity index (χ3v) is 5.65. The number of nitrogens with one attached hydrogen (secondary N) is 1. The highest BCUT2D eigenvalue weighted by atomic mass is 35.5. The number of sulfonamides is 1. The molecule has 0 atom stereocenters. The van der Waals surface area contributed by atoms with Gasteiger partial charge in [0, 0.05) is 18.0 Å². The van der Waals surface area contributed by atoms with E-state index in [0.29, 0.717) is 22.3 Å². The smallest absolute Gasteiger partial charge is 0.247 e. The van der Waals surface area contributed by atoms with Crippen LogP contribution < -0.4 is 4.72 Å². The van der Waals surface area contributed by atoms with Gasteiger partial charge in [0.1, 0.15) is 4.90 Å². The highest BCUT2D eigenvalue weighted by Gasteiger charge is 2.29. The van der Waals surface area contributed by atoms with Crippen LogP contribution >= 0.6 is 23.2 Å². The van der Waals surface area contributed by atoms with Crippen molar-refractivity contribution >= 4 is 39.2 Å². The van der Waals surface area contributed by atoms with Crippen LogP contribution in [0.15, 0.2) is 17.0 Å². The Morgan fingerprint density at radius 2 is 1.95 bits per heavy atom. The second-order valence-electron chi connectivity index (χ2n) is 5.33. The molecule has 0 unspecified atom stereocenters. The van der Waals surface area contributed by atoms with Gasteiger partial charge in [-0.1, -0.05) is 23.2 Å². The minimum absolute atomic E-state index is 0.0351. The van der Waals surface area contributed by atoms with Crippen LogP contribution in [0.1, 0.15) is 30.1 Å². The molecule has 118 valence electrons. The Morgan fingerprint density at radius 1 is 1.27 bits per heavy atom. The van der Waals surface area contributed by atoms with Gasteiger partial charge < -0.3 is 0 Å². The highest BCUT2D eigenvalue weighted by molar-refractivity contribution is 7.92. The zero-order chi connectivity index (χ0) is 16.1. The number of aryl methyl sites for hydroxylation is 2. The molecule has 0 saturated heterocycles. The predicted molar refractivity (Wildman–Crippen MR) is 85.0 cm³/mol. The van der Waals surface area contributed by atoms with Crippen molar-refractivity contribution in [1.82, 2.24) is 14.8 Å². The van der Waals surface area contributed by atoms with Crippen LogP contribution in [0.2, 0.25) is 10.0 Å². The third-order valence-electron chi connectivity index (χ3n) is 3.45. The van der Waals surface area contributed by atoms with Gasteiger partial charge in [-0.3, -0.25) is 0 Å². The van der Waals surface area contributed by atoms with E-state index in [4.69, 9.17) is 23.2 Å². The molecule has 0 radical (unpaired) electrons. The van der Waals surface area contributed by atoms with E-state index in [0.717, 1.165) is 12.8 Å². The molecule has 1 aromatic carbocycles. The molecule has 1 aliphatic rings. The van der Waals surface area contributed by atoms with E-state index < -0.39 is 10.0 Å². The summed E-state index contributed by atoms with van der Waals surface area (Å²) in [6.45, 7) is 1.71. The van der Waals surface area contributed by atoms with Crippen molar-refractivity contribution in [2.75, 3.05) is 4.72 Å². The fraction of sp³-hybridized carbons (Fsp3) is 0.385. The van der Waals surface area contributed by atoms with E-state index in [1.807, 2.05) is 0 Å². The second-order valence-corrected chi connectivity index (χ2v) is 7.79. The molecule has 6 nitrogen and oxygen atoms in total. The fourth-order valence-electron chi connectivity index (χ4n) is 2.02. The Labute approximate surface area is 138 Å². The van der Waals surface area contributed by atoms with E-state index in [9.17, 15) is 8.42 Å². The van der Waals surface area contributed by atoms with Gasteiger partial charge in [-0.15, -0.1) is 0 Å². The van der Waals surface area contributed by atoms with Crippen LogP contribution in [0.25, 0.3) is 0 Å². The van der Waals surface area contributed by atoms with E-state index in [2.05, 4.69) is 14.8 Å². The monoisotopic (exact) mass is 360 g/mol. The molecule has 1 aliphatic carbocycles. The Kier molecular flexibility index (Phi) is 3.82. The zero-order valence-electron chi connectivity index (χ0n) is 12.0. The maximum Gasteiger partial charge on any atom is 0.265 e. The number of hydrogen-bond acceptors (Lipinski definition) is 4. The summed E-state index contributed by atoms with van der Waals surface area (Å²) in [5, 5.41) is 4.71. The predicted octanol–water partition coefficient (Wildman–Crippen LogP) is 3.11. The molecule has 1 aromatic heterocycles. The maximum atomic E-state index is 12.5. The lowest BCUT2D eigenvalue weighted by atomic mass is 10.2. The standard InChI is InChI=1S/C13H14Cl2N4O2S/c1-7-5-11(10(15)6-9(7)14)22(20,21)18-13-16-12(8-3-4-8)17-19(13)2/h5-6,8H,3-4H2,1-2H3,(H,16,17,18). The molecule has 0 spiro atoms. The van der Waals surface area contributed by atoms with Crippen LogP contribution in [-0.4, -0.2) is 23.2 Å². The molecule has 1 saturated carbocycles. The number of aromatic nitrogens is 3. The first-order valence-electron chi connectivity index (χ1n) is 6.67. The van der Waals surface area contributed by atoms with Crippen molar-refractivity contribution in [3.63, 3.8) is 0 Å². The molecule has 9 heteroatoms. The topological polar surface area (TPSA) is 76.9 Å². The summed E-state index contributed by atoms with van der Waals surface area (Å²) >= 11 is 12.0. The molecule has 2 aromatic rings. The lowest BCUT2D eigenvalue weighted by Crippen LogP contribution is -2.16. The molecular weight excluding hydrogens is 347 g/mol. The normalized spacial score (nSPS) is 15.1. The summed E-state index contributed by atoms with van der Waals surface area (Å²) in [7, 11) is -2.22. The van der Waals surface area contributed by atoms with E-state index in [1.165, 1.54) is 16.8 Å². The van der Waals surface area contributed by atoms with Crippen LogP contribution in [0.3, 0.4) is 0 Å². The Morgan fingerprint density at radius 3 is 2.59 bits per heavy atom. The summed E-state index contributed by atoms with van der Waals surface area (Å²) in [5.74, 6) is 1.18. The molecule has 3 rings (SSSR count). The number of hydrogen-bond donors (Lipinski definition) is 1. The largest absolute Gasteiger partial charge is 0.265 e. The third kappa shape index (κ3) is 2.93. The zero-order valence-corrected chi connectivity index (χ0v) is 14.3. The lowest BCUT2D eigenvalue weighted by molar-refractivity contribution is 0.600. The molecule has 1 heterocycles. The van der Waals surface area contributed by atoms with Gasteiger partial charge in [0.2, 0.25) is 5.95 Å². The van der Waals surface area contributed by atoms with Gasteiger partial charge in [-0.05, 0) is 37.5 Å². The SMILES string of the molecule is Cc1cc(S(=O)(=O)Nc2nc(C3CC3)nn2C)c(Cl)cc1Cl. The summed E-state index contributed by atoms with van der Waals surface area (Å²) in [5.41, 5.74) is 0.628. The lowest BCUT2D eigenvalue weighted by Gasteiger charge is -2.10. The number of benzene rings is 1. The van der Waals surface area contributed by atoms with Gasteiger partial charge in [-0.25, -0.2) is 17.8 Å². The molecule has 1 fully saturated rings. The molecular formula is C13H14Cl2N4O2S. The Hall–Kier alpha value is -1.31. The molecule has 0 bridgehead atoms. The Bertz CT molecular complexity index is 844. The van der Waals surface area contributed by atoms with Crippen LogP contribution in [0, 0.1) is 6.92 Å². The van der Waals surface area contributed by atoms with E-state index in [-0.39, 0.29) is 15.9 Å². The molecule has 0 amide bonds. The average Bonchev–Trinajstić information content (AvgIpc) is 3.20. The van der Waals surface area contributed by atoms with Crippen molar-refractivity contribution in [3.05, 3.63) is 33.6 Å². The highest BCUT2D eigenvalue weighted by Crippen LogP contribution is 2.38. The first-order chi connectivity index (χ1) is 10.3. The van der Waals surface area contributed by atoms with Gasteiger partial charge in [-0.2, -0.15) is 10.1 Å². The van der Waals surface area contributed by atoms with Gasteiger partial charge >= 0.3 is 0 Å². The fourth-order valence-corrected chi connectivity index (χ4v) is 3.88. The molecule has 1 N–H and O–H groups in total. The second kappa shape index (κ2) is 5.40. The summed E-state index contributed by atoms with van der Waals surface area (Å²) in [4.78, 5) is 4.21. The van der Waals surface area contributed by atoms with Crippen LogP contribution in [-0.2, 0) is 17.1 Å². The first-order valence-corrected chi connectivity index (χ1v) is 8.91. The van der Waals surface area contributed by atoms with E-state index >= 15 is 0 Å². The van der Waals surface area contributed by atoms with Crippen molar-refractivity contribution in [2.45, 2.75) is 30.6 Å². The number of nitrogens with zero attached hydrogens (tertiary/aromatic N) is 3. The van der Waals surface area contributed by atoms with E-state index in [1.54, 1.807) is 14.0 Å². The minimum atomic E-state index is -3.86. The van der Waals surface area contributed by atoms with Crippen LogP contribution in [0.4, 0.5) is 5.95 Å². The van der Waals surface area contributed by atoms with Gasteiger partial charge in [0.25, 0.3) is 10.0 Å². The van der Waals surface area contributed by atoms with Crippen molar-refractivity contribution in [1.29, 1.82) is 0 Å². The minimum Gasteiger partial charge on any atom is -0.247 e. The van der Waals surface area contributed by atoms with Crippen molar-refractivity contribution < 1.29 is 8.42 Å². The van der Waals surface area contributed by atoms with Gasteiger partial charge in [0.15, 0.2) is 5.82 Å². The Balaban J connectivity index is 1.95. The quantitative estimate of drug-likeness (QED) is 0.908. The summed E-state index contributed by atoms with van der Waals surface area (Å²) in [6, 6.07) is 2.85. The average molecular weight is 361 g/mol. The summed E-state index contributed by atoms with van der Waals surface area (Å²) < 4.78 is 28.9. The number of anilines is 1. The molecule has 0 aliphatic heterocycles. The number of halogens is 2. The molecule has 22 heavy (non-hydrogen) atoms. The number of rotatable bonds is 4. The summed E-state index contributed by atoms with van der Waals surface area (Å²) in [6.07, 6.45) is 2.08. The first kappa shape index (κ1) is 15.6. The van der Waals surface area contributed by atoms with Gasteiger partial charge in [0.05, 0.1) is 5.02 Å². The maximum absolute atomic E-state index is 12.5. The van der Waals surface area contributed by atoms with Crippen LogP contribution in [0.5, 0.6) is 0 Å². The van der Waals surface area contributed by atoms with Crippen molar-refractivity contribution in [2.24, 2.45) is 7.05 Å². The van der Waals surface area contributed by atoms with Crippen molar-refractivity contribution in [3.8, 4) is 0 Å².